The van der Waals surface area contributed by atoms with Gasteiger partial charge in [0, 0.05) is 30.8 Å². The van der Waals surface area contributed by atoms with Gasteiger partial charge in [-0.15, -0.1) is 12.4 Å². The van der Waals surface area contributed by atoms with E-state index in [0.717, 1.165) is 55.6 Å². The number of piperidine rings is 1. The van der Waals surface area contributed by atoms with Gasteiger partial charge in [-0.3, -0.25) is 4.90 Å². The predicted molar refractivity (Wildman–Crippen MR) is 98.9 cm³/mol. The fourth-order valence-corrected chi connectivity index (χ4v) is 3.53. The van der Waals surface area contributed by atoms with Crippen molar-refractivity contribution in [2.75, 3.05) is 19.6 Å². The minimum atomic E-state index is 0. The molecular formula is C18H29ClN4O2. The van der Waals surface area contributed by atoms with Gasteiger partial charge in [0.1, 0.15) is 11.5 Å². The Hall–Kier alpha value is -1.37. The maximum absolute atomic E-state index is 5.35. The van der Waals surface area contributed by atoms with E-state index in [1.807, 2.05) is 27.7 Å². The van der Waals surface area contributed by atoms with Crippen LogP contribution in [0.15, 0.2) is 9.05 Å². The van der Waals surface area contributed by atoms with Gasteiger partial charge in [-0.1, -0.05) is 10.3 Å². The van der Waals surface area contributed by atoms with E-state index in [2.05, 4.69) is 20.5 Å². The molecule has 1 saturated heterocycles. The van der Waals surface area contributed by atoms with E-state index in [0.29, 0.717) is 5.92 Å². The lowest BCUT2D eigenvalue weighted by Crippen LogP contribution is -2.38. The molecule has 0 aliphatic carbocycles. The number of aromatic nitrogens is 2. The molecule has 1 unspecified atom stereocenters. The topological polar surface area (TPSA) is 67.3 Å². The van der Waals surface area contributed by atoms with Crippen LogP contribution in [0.5, 0.6) is 0 Å². The standard InChI is InChI=1S/C18H28N4O2.ClH/c1-12-17(14(3)23-20-12)10-22(9-16-6-5-7-19-8-16)11-18-13(2)21-24-15(18)4;/h16,19H,5-11H2,1-4H3;1H. The van der Waals surface area contributed by atoms with Crippen LogP contribution in [0.2, 0.25) is 0 Å². The summed E-state index contributed by atoms with van der Waals surface area (Å²) in [4.78, 5) is 2.48. The number of halogens is 1. The minimum absolute atomic E-state index is 0. The highest BCUT2D eigenvalue weighted by molar-refractivity contribution is 5.85. The number of nitrogens with zero attached hydrogens (tertiary/aromatic N) is 3. The number of rotatable bonds is 6. The third-order valence-corrected chi connectivity index (χ3v) is 5.04. The van der Waals surface area contributed by atoms with E-state index in [-0.39, 0.29) is 12.4 Å². The highest BCUT2D eigenvalue weighted by Gasteiger charge is 2.22. The van der Waals surface area contributed by atoms with Crippen LogP contribution in [-0.2, 0) is 13.1 Å². The summed E-state index contributed by atoms with van der Waals surface area (Å²) >= 11 is 0. The van der Waals surface area contributed by atoms with Crippen molar-refractivity contribution in [2.24, 2.45) is 5.92 Å². The molecule has 0 aromatic carbocycles. The van der Waals surface area contributed by atoms with E-state index < -0.39 is 0 Å². The van der Waals surface area contributed by atoms with Crippen LogP contribution in [-0.4, -0.2) is 34.8 Å². The molecule has 140 valence electrons. The summed E-state index contributed by atoms with van der Waals surface area (Å²) in [7, 11) is 0. The van der Waals surface area contributed by atoms with Crippen molar-refractivity contribution in [3.05, 3.63) is 34.0 Å². The summed E-state index contributed by atoms with van der Waals surface area (Å²) in [5, 5.41) is 11.7. The zero-order chi connectivity index (χ0) is 17.1. The third kappa shape index (κ3) is 4.84. The summed E-state index contributed by atoms with van der Waals surface area (Å²) in [5.74, 6) is 2.51. The lowest BCUT2D eigenvalue weighted by Gasteiger charge is -2.30. The zero-order valence-corrected chi connectivity index (χ0v) is 16.4. The average Bonchev–Trinajstić information content (AvgIpc) is 3.06. The second-order valence-electron chi connectivity index (χ2n) is 6.99. The van der Waals surface area contributed by atoms with Crippen molar-refractivity contribution in [3.63, 3.8) is 0 Å². The van der Waals surface area contributed by atoms with Crippen LogP contribution < -0.4 is 5.32 Å². The van der Waals surface area contributed by atoms with Crippen molar-refractivity contribution in [2.45, 2.75) is 53.6 Å². The van der Waals surface area contributed by atoms with Crippen molar-refractivity contribution >= 4 is 12.4 Å². The van der Waals surface area contributed by atoms with Gasteiger partial charge in [0.05, 0.1) is 11.4 Å². The Balaban J connectivity index is 0.00000225. The molecule has 0 radical (unpaired) electrons. The van der Waals surface area contributed by atoms with Crippen molar-refractivity contribution < 1.29 is 9.05 Å². The Labute approximate surface area is 155 Å². The van der Waals surface area contributed by atoms with Crippen LogP contribution in [0.3, 0.4) is 0 Å². The second kappa shape index (κ2) is 8.83. The molecule has 1 fully saturated rings. The first-order chi connectivity index (χ1) is 11.5. The maximum Gasteiger partial charge on any atom is 0.138 e. The molecule has 0 amide bonds. The largest absolute Gasteiger partial charge is 0.361 e. The second-order valence-corrected chi connectivity index (χ2v) is 6.99. The number of hydrogen-bond acceptors (Lipinski definition) is 6. The summed E-state index contributed by atoms with van der Waals surface area (Å²) in [5.41, 5.74) is 4.37. The van der Waals surface area contributed by atoms with Gasteiger partial charge in [0.25, 0.3) is 0 Å². The van der Waals surface area contributed by atoms with Gasteiger partial charge in [-0.05, 0) is 59.5 Å². The zero-order valence-electron chi connectivity index (χ0n) is 15.6. The van der Waals surface area contributed by atoms with Gasteiger partial charge < -0.3 is 14.4 Å². The summed E-state index contributed by atoms with van der Waals surface area (Å²) in [6.45, 7) is 13.0. The Morgan fingerprint density at radius 2 is 1.56 bits per heavy atom. The van der Waals surface area contributed by atoms with E-state index in [1.165, 1.54) is 24.0 Å². The van der Waals surface area contributed by atoms with Crippen LogP contribution in [0.25, 0.3) is 0 Å². The normalized spacial score (nSPS) is 17.7. The molecule has 2 aromatic heterocycles. The van der Waals surface area contributed by atoms with E-state index >= 15 is 0 Å². The van der Waals surface area contributed by atoms with Gasteiger partial charge in [0.2, 0.25) is 0 Å². The van der Waals surface area contributed by atoms with E-state index in [1.54, 1.807) is 0 Å². The first kappa shape index (κ1) is 19.9. The molecule has 1 aliphatic rings. The summed E-state index contributed by atoms with van der Waals surface area (Å²) in [6.07, 6.45) is 2.54. The van der Waals surface area contributed by atoms with E-state index in [4.69, 9.17) is 9.05 Å². The molecule has 0 spiro atoms. The fourth-order valence-electron chi connectivity index (χ4n) is 3.53. The smallest absolute Gasteiger partial charge is 0.138 e. The minimum Gasteiger partial charge on any atom is -0.361 e. The molecule has 3 heterocycles. The number of nitrogens with one attached hydrogen (secondary N) is 1. The van der Waals surface area contributed by atoms with Crippen LogP contribution in [0.4, 0.5) is 0 Å². The summed E-state index contributed by atoms with van der Waals surface area (Å²) in [6, 6.07) is 0. The molecule has 25 heavy (non-hydrogen) atoms. The van der Waals surface area contributed by atoms with Crippen molar-refractivity contribution in [3.8, 4) is 0 Å². The van der Waals surface area contributed by atoms with Crippen molar-refractivity contribution in [1.29, 1.82) is 0 Å². The fraction of sp³-hybridized carbons (Fsp3) is 0.667. The van der Waals surface area contributed by atoms with E-state index in [9.17, 15) is 0 Å². The highest BCUT2D eigenvalue weighted by atomic mass is 35.5. The molecule has 0 saturated carbocycles. The molecule has 1 atom stereocenters. The average molecular weight is 369 g/mol. The Morgan fingerprint density at radius 3 is 1.96 bits per heavy atom. The lowest BCUT2D eigenvalue weighted by molar-refractivity contribution is 0.191. The van der Waals surface area contributed by atoms with Crippen LogP contribution in [0.1, 0.15) is 46.9 Å². The Bertz CT molecular complexity index is 589. The molecule has 1 N–H and O–H groups in total. The molecule has 6 nitrogen and oxygen atoms in total. The lowest BCUT2D eigenvalue weighted by atomic mass is 9.98. The number of hydrogen-bond donors (Lipinski definition) is 1. The van der Waals surface area contributed by atoms with Gasteiger partial charge in [-0.2, -0.15) is 0 Å². The van der Waals surface area contributed by atoms with Crippen LogP contribution in [0, 0.1) is 33.6 Å². The maximum atomic E-state index is 5.35. The highest BCUT2D eigenvalue weighted by Crippen LogP contribution is 2.22. The molecule has 7 heteroatoms. The quantitative estimate of drug-likeness (QED) is 0.843. The monoisotopic (exact) mass is 368 g/mol. The molecule has 2 aromatic rings. The Kier molecular flexibility index (Phi) is 7.04. The first-order valence-corrected chi connectivity index (χ1v) is 8.81. The van der Waals surface area contributed by atoms with Gasteiger partial charge >= 0.3 is 0 Å². The molecule has 3 rings (SSSR count). The predicted octanol–water partition coefficient (Wildman–Crippen LogP) is 3.32. The molecule has 1 aliphatic heterocycles. The molecular weight excluding hydrogens is 340 g/mol. The third-order valence-electron chi connectivity index (χ3n) is 5.04. The summed E-state index contributed by atoms with van der Waals surface area (Å²) < 4.78 is 10.7. The first-order valence-electron chi connectivity index (χ1n) is 8.81. The van der Waals surface area contributed by atoms with Gasteiger partial charge in [0.15, 0.2) is 0 Å². The van der Waals surface area contributed by atoms with Gasteiger partial charge in [-0.25, -0.2) is 0 Å². The molecule has 0 bridgehead atoms. The number of aryl methyl sites for hydroxylation is 4. The SMILES string of the molecule is Cc1noc(C)c1CN(Cc1c(C)noc1C)CC1CCCNC1.Cl. The Morgan fingerprint density at radius 1 is 1.00 bits per heavy atom. The van der Waals surface area contributed by atoms with Crippen LogP contribution >= 0.6 is 12.4 Å². The van der Waals surface area contributed by atoms with Crippen molar-refractivity contribution in [1.82, 2.24) is 20.5 Å².